The molecule has 2 atom stereocenters. The van der Waals surface area contributed by atoms with Crippen LogP contribution in [0.4, 0.5) is 0 Å². The van der Waals surface area contributed by atoms with Crippen molar-refractivity contribution in [1.82, 2.24) is 14.8 Å². The highest BCUT2D eigenvalue weighted by Crippen LogP contribution is 2.35. The Bertz CT molecular complexity index is 887. The topological polar surface area (TPSA) is 84.5 Å². The number of hydrogen-bond acceptors (Lipinski definition) is 4. The molecular formula is C20H23N3O4. The molecule has 0 aromatic carbocycles. The van der Waals surface area contributed by atoms with E-state index >= 15 is 0 Å². The maximum atomic E-state index is 12.6. The lowest BCUT2D eigenvalue weighted by Gasteiger charge is -2.42. The molecule has 1 saturated heterocycles. The number of likely N-dealkylation sites (tertiary alicyclic amines) is 1. The van der Waals surface area contributed by atoms with Gasteiger partial charge in [-0.1, -0.05) is 6.07 Å². The maximum absolute atomic E-state index is 12.6. The molecule has 2 aromatic heterocycles. The van der Waals surface area contributed by atoms with Gasteiger partial charge in [-0.2, -0.15) is 0 Å². The average Bonchev–Trinajstić information content (AvgIpc) is 3.19. The fraction of sp³-hybridized carbons (Fsp3) is 0.450. The molecule has 0 aliphatic carbocycles. The average molecular weight is 369 g/mol. The molecule has 2 aliphatic rings. The van der Waals surface area contributed by atoms with E-state index in [9.17, 15) is 14.4 Å². The first-order chi connectivity index (χ1) is 13.1. The second-order valence-corrected chi connectivity index (χ2v) is 7.35. The van der Waals surface area contributed by atoms with Gasteiger partial charge in [-0.3, -0.25) is 14.4 Å². The molecule has 4 heterocycles. The Labute approximate surface area is 157 Å². The molecule has 0 unspecified atom stereocenters. The van der Waals surface area contributed by atoms with E-state index in [2.05, 4.69) is 5.32 Å². The number of piperidine rings is 1. The van der Waals surface area contributed by atoms with Gasteiger partial charge in [0.25, 0.3) is 5.56 Å². The zero-order valence-electron chi connectivity index (χ0n) is 15.1. The molecule has 0 radical (unpaired) electrons. The predicted octanol–water partition coefficient (Wildman–Crippen LogP) is 1.48. The molecule has 2 bridgehead atoms. The molecule has 2 amide bonds. The number of rotatable bonds is 5. The molecule has 4 rings (SSSR count). The van der Waals surface area contributed by atoms with Crippen molar-refractivity contribution < 1.29 is 14.0 Å². The first kappa shape index (κ1) is 17.6. The van der Waals surface area contributed by atoms with Gasteiger partial charge in [0.05, 0.1) is 12.8 Å². The molecule has 7 heteroatoms. The van der Waals surface area contributed by atoms with Crippen LogP contribution in [-0.2, 0) is 22.7 Å². The summed E-state index contributed by atoms with van der Waals surface area (Å²) in [5.74, 6) is 1.03. The number of fused-ring (bicyclic) bond motifs is 4. The second-order valence-electron chi connectivity index (χ2n) is 7.35. The summed E-state index contributed by atoms with van der Waals surface area (Å²) in [5, 5.41) is 2.76. The van der Waals surface area contributed by atoms with Crippen molar-refractivity contribution in [2.75, 3.05) is 13.1 Å². The van der Waals surface area contributed by atoms with Gasteiger partial charge in [0, 0.05) is 50.2 Å². The summed E-state index contributed by atoms with van der Waals surface area (Å²) in [6, 6.07) is 8.93. The van der Waals surface area contributed by atoms with Crippen LogP contribution < -0.4 is 10.9 Å². The molecule has 1 N–H and O–H groups in total. The summed E-state index contributed by atoms with van der Waals surface area (Å²) < 4.78 is 7.02. The molecule has 2 aromatic rings. The monoisotopic (exact) mass is 369 g/mol. The Morgan fingerprint density at radius 1 is 1.11 bits per heavy atom. The highest BCUT2D eigenvalue weighted by Gasteiger charge is 2.36. The number of hydrogen-bond donors (Lipinski definition) is 1. The van der Waals surface area contributed by atoms with Crippen LogP contribution in [0.15, 0.2) is 45.8 Å². The molecule has 1 fully saturated rings. The highest BCUT2D eigenvalue weighted by atomic mass is 16.3. The van der Waals surface area contributed by atoms with E-state index in [-0.39, 0.29) is 36.1 Å². The fourth-order valence-electron chi connectivity index (χ4n) is 4.17. The van der Waals surface area contributed by atoms with Crippen LogP contribution in [0.1, 0.15) is 36.6 Å². The molecule has 0 saturated carbocycles. The van der Waals surface area contributed by atoms with Crippen molar-refractivity contribution in [2.24, 2.45) is 5.92 Å². The van der Waals surface area contributed by atoms with E-state index in [1.807, 2.05) is 15.5 Å². The van der Waals surface area contributed by atoms with Crippen molar-refractivity contribution in [3.05, 3.63) is 58.4 Å². The Kier molecular flexibility index (Phi) is 4.83. The number of carbonyl (C=O) groups is 2. The van der Waals surface area contributed by atoms with Crippen LogP contribution in [0.3, 0.4) is 0 Å². The van der Waals surface area contributed by atoms with Gasteiger partial charge in [0.15, 0.2) is 0 Å². The van der Waals surface area contributed by atoms with Crippen LogP contribution in [-0.4, -0.2) is 34.4 Å². The van der Waals surface area contributed by atoms with Gasteiger partial charge in [0.2, 0.25) is 11.8 Å². The highest BCUT2D eigenvalue weighted by molar-refractivity contribution is 5.83. The Morgan fingerprint density at radius 3 is 2.81 bits per heavy atom. The molecule has 0 spiro atoms. The number of carbonyl (C=O) groups excluding carboxylic acids is 2. The van der Waals surface area contributed by atoms with Crippen LogP contribution in [0.5, 0.6) is 0 Å². The molecule has 7 nitrogen and oxygen atoms in total. The van der Waals surface area contributed by atoms with E-state index in [1.54, 1.807) is 30.5 Å². The van der Waals surface area contributed by atoms with Gasteiger partial charge in [-0.15, -0.1) is 0 Å². The quantitative estimate of drug-likeness (QED) is 0.865. The largest absolute Gasteiger partial charge is 0.467 e. The second kappa shape index (κ2) is 7.42. The number of aromatic nitrogens is 1. The number of nitrogens with one attached hydrogen (secondary N) is 1. The minimum absolute atomic E-state index is 0.00424. The Hall–Kier alpha value is -2.83. The van der Waals surface area contributed by atoms with Crippen LogP contribution in [0.25, 0.3) is 0 Å². The van der Waals surface area contributed by atoms with Crippen LogP contribution >= 0.6 is 0 Å². The maximum Gasteiger partial charge on any atom is 0.250 e. The SMILES string of the molecule is O=C(CCC(=O)N1C[C@H]2C[C@H](C1)c1cccc(=O)n1C2)NCc1ccco1. The van der Waals surface area contributed by atoms with Gasteiger partial charge in [-0.05, 0) is 30.5 Å². The lowest BCUT2D eigenvalue weighted by atomic mass is 9.83. The third-order valence-corrected chi connectivity index (χ3v) is 5.44. The van der Waals surface area contributed by atoms with Crippen molar-refractivity contribution in [3.63, 3.8) is 0 Å². The molecule has 2 aliphatic heterocycles. The summed E-state index contributed by atoms with van der Waals surface area (Å²) in [7, 11) is 0. The number of pyridine rings is 1. The summed E-state index contributed by atoms with van der Waals surface area (Å²) in [6.07, 6.45) is 2.94. The van der Waals surface area contributed by atoms with E-state index < -0.39 is 0 Å². The molecular weight excluding hydrogens is 346 g/mol. The third kappa shape index (κ3) is 3.82. The lowest BCUT2D eigenvalue weighted by molar-refractivity contribution is -0.136. The molecule has 27 heavy (non-hydrogen) atoms. The van der Waals surface area contributed by atoms with Gasteiger partial charge in [-0.25, -0.2) is 0 Å². The normalized spacial score (nSPS) is 20.8. The van der Waals surface area contributed by atoms with Crippen molar-refractivity contribution in [3.8, 4) is 0 Å². The van der Waals surface area contributed by atoms with Crippen LogP contribution in [0.2, 0.25) is 0 Å². The van der Waals surface area contributed by atoms with E-state index in [0.717, 1.165) is 12.1 Å². The summed E-state index contributed by atoms with van der Waals surface area (Å²) >= 11 is 0. The van der Waals surface area contributed by atoms with Crippen molar-refractivity contribution in [1.29, 1.82) is 0 Å². The van der Waals surface area contributed by atoms with Gasteiger partial charge < -0.3 is 19.2 Å². The third-order valence-electron chi connectivity index (χ3n) is 5.44. The van der Waals surface area contributed by atoms with Crippen molar-refractivity contribution in [2.45, 2.75) is 38.3 Å². The predicted molar refractivity (Wildman–Crippen MR) is 97.9 cm³/mol. The van der Waals surface area contributed by atoms with Crippen molar-refractivity contribution >= 4 is 11.8 Å². The zero-order valence-corrected chi connectivity index (χ0v) is 15.1. The summed E-state index contributed by atoms with van der Waals surface area (Å²) in [4.78, 5) is 38.5. The summed E-state index contributed by atoms with van der Waals surface area (Å²) in [6.45, 7) is 2.27. The Balaban J connectivity index is 1.31. The van der Waals surface area contributed by atoms with Gasteiger partial charge in [0.1, 0.15) is 5.76 Å². The van der Waals surface area contributed by atoms with E-state index in [0.29, 0.717) is 37.9 Å². The number of furan rings is 1. The standard InChI is InChI=1S/C20H23N3O4/c24-18(21-10-16-3-2-8-27-16)6-7-19(25)22-11-14-9-15(13-22)17-4-1-5-20(26)23(17)12-14/h1-5,8,14-15H,6-7,9-13H2,(H,21,24)/t14-,15-/m1/s1. The zero-order chi connectivity index (χ0) is 18.8. The van der Waals surface area contributed by atoms with Crippen LogP contribution in [0, 0.1) is 5.92 Å². The minimum Gasteiger partial charge on any atom is -0.467 e. The minimum atomic E-state index is -0.158. The molecule has 142 valence electrons. The number of nitrogens with zero attached hydrogens (tertiary/aromatic N) is 2. The first-order valence-electron chi connectivity index (χ1n) is 9.37. The lowest BCUT2D eigenvalue weighted by Crippen LogP contribution is -2.49. The summed E-state index contributed by atoms with van der Waals surface area (Å²) in [5.41, 5.74) is 1.06. The van der Waals surface area contributed by atoms with E-state index in [4.69, 9.17) is 4.42 Å². The van der Waals surface area contributed by atoms with E-state index in [1.165, 1.54) is 0 Å². The fourth-order valence-corrected chi connectivity index (χ4v) is 4.17. The Morgan fingerprint density at radius 2 is 2.00 bits per heavy atom. The smallest absolute Gasteiger partial charge is 0.250 e. The first-order valence-corrected chi connectivity index (χ1v) is 9.37. The van der Waals surface area contributed by atoms with Gasteiger partial charge >= 0.3 is 0 Å². The number of amides is 2.